The number of nitrogens with one attached hydrogen (secondary N) is 3. The number of rotatable bonds is 9. The van der Waals surface area contributed by atoms with Crippen molar-refractivity contribution in [2.45, 2.75) is 51.2 Å². The molecule has 0 radical (unpaired) electrons. The molecule has 1 unspecified atom stereocenters. The fraction of sp³-hybridized carbons (Fsp3) is 0.522. The van der Waals surface area contributed by atoms with Crippen LogP contribution in [0.15, 0.2) is 35.0 Å². The van der Waals surface area contributed by atoms with E-state index in [1.54, 1.807) is 12.0 Å². The Morgan fingerprint density at radius 1 is 1.28 bits per heavy atom. The fourth-order valence-corrected chi connectivity index (χ4v) is 4.05. The van der Waals surface area contributed by atoms with Crippen LogP contribution in [-0.2, 0) is 15.8 Å². The van der Waals surface area contributed by atoms with Crippen molar-refractivity contribution in [2.24, 2.45) is 5.92 Å². The molecule has 1 amide bonds. The van der Waals surface area contributed by atoms with E-state index >= 15 is 0 Å². The van der Waals surface area contributed by atoms with Crippen LogP contribution < -0.4 is 21.3 Å². The summed E-state index contributed by atoms with van der Waals surface area (Å²) in [5.41, 5.74) is 1.28. The van der Waals surface area contributed by atoms with Crippen molar-refractivity contribution >= 4 is 17.5 Å². The highest BCUT2D eigenvalue weighted by molar-refractivity contribution is 5.77. The maximum Gasteiger partial charge on any atom is 0.423 e. The number of hydroxylamine groups is 1. The van der Waals surface area contributed by atoms with Crippen LogP contribution in [0.3, 0.4) is 0 Å². The van der Waals surface area contributed by atoms with Crippen molar-refractivity contribution in [3.8, 4) is 0 Å². The Hall–Kier alpha value is -3.48. The van der Waals surface area contributed by atoms with Crippen LogP contribution in [0, 0.1) is 5.92 Å². The van der Waals surface area contributed by atoms with Gasteiger partial charge in [-0.2, -0.15) is 18.3 Å². The van der Waals surface area contributed by atoms with Crippen LogP contribution in [0.2, 0.25) is 0 Å². The molecule has 0 spiro atoms. The van der Waals surface area contributed by atoms with Gasteiger partial charge in [-0.05, 0) is 37.2 Å². The van der Waals surface area contributed by atoms with E-state index in [1.807, 2.05) is 25.4 Å². The van der Waals surface area contributed by atoms with Gasteiger partial charge in [-0.1, -0.05) is 18.6 Å². The fourth-order valence-electron chi connectivity index (χ4n) is 4.05. The van der Waals surface area contributed by atoms with E-state index in [0.717, 1.165) is 11.8 Å². The van der Waals surface area contributed by atoms with Gasteiger partial charge in [0.1, 0.15) is 5.56 Å². The Bertz CT molecular complexity index is 1160. The maximum atomic E-state index is 13.1. The lowest BCUT2D eigenvalue weighted by Gasteiger charge is -2.31. The number of H-pyrrole nitrogens is 1. The molecule has 2 aromatic heterocycles. The van der Waals surface area contributed by atoms with Crippen LogP contribution >= 0.6 is 0 Å². The topological polar surface area (TPSA) is 125 Å². The Kier molecular flexibility index (Phi) is 7.57. The highest BCUT2D eigenvalue weighted by Crippen LogP contribution is 2.39. The van der Waals surface area contributed by atoms with E-state index < -0.39 is 29.0 Å². The van der Waals surface area contributed by atoms with E-state index in [9.17, 15) is 22.8 Å². The molecular weight excluding hydrogens is 479 g/mol. The molecule has 4 rings (SSSR count). The van der Waals surface area contributed by atoms with Gasteiger partial charge in [-0.15, -0.1) is 0 Å². The third-order valence-corrected chi connectivity index (χ3v) is 6.12. The average Bonchev–Trinajstić information content (AvgIpc) is 3.65. The third kappa shape index (κ3) is 6.39. The van der Waals surface area contributed by atoms with E-state index in [2.05, 4.69) is 30.8 Å². The molecule has 1 aliphatic carbocycles. The lowest BCUT2D eigenvalue weighted by atomic mass is 9.94. The molecule has 3 heterocycles. The summed E-state index contributed by atoms with van der Waals surface area (Å²) in [6.45, 7) is 4.70. The number of carbonyl (C=O) groups is 1. The summed E-state index contributed by atoms with van der Waals surface area (Å²) < 4.78 is 39.4. The molecule has 194 valence electrons. The summed E-state index contributed by atoms with van der Waals surface area (Å²) >= 11 is 0. The zero-order valence-electron chi connectivity index (χ0n) is 19.9. The number of alkyl halides is 3. The first-order chi connectivity index (χ1) is 17.1. The number of hydrogen-bond acceptors (Lipinski definition) is 8. The molecule has 2 aromatic rings. The molecule has 3 N–H and O–H groups in total. The number of amides is 1. The maximum absolute atomic E-state index is 13.1. The Labute approximate surface area is 205 Å². The van der Waals surface area contributed by atoms with Gasteiger partial charge in [0.25, 0.3) is 5.56 Å². The minimum absolute atomic E-state index is 0.0984. The molecule has 1 fully saturated rings. The van der Waals surface area contributed by atoms with Crippen molar-refractivity contribution in [1.82, 2.24) is 25.6 Å². The largest absolute Gasteiger partial charge is 0.423 e. The van der Waals surface area contributed by atoms with Crippen molar-refractivity contribution in [2.75, 3.05) is 29.9 Å². The second-order valence-electron chi connectivity index (χ2n) is 9.22. The molecule has 1 saturated carbocycles. The molecule has 0 bridgehead atoms. The second-order valence-corrected chi connectivity index (χ2v) is 9.22. The zero-order chi connectivity index (χ0) is 25.9. The quantitative estimate of drug-likeness (QED) is 0.350. The first-order valence-corrected chi connectivity index (χ1v) is 11.7. The molecule has 2 aliphatic rings. The van der Waals surface area contributed by atoms with Gasteiger partial charge in [0.05, 0.1) is 24.9 Å². The number of aromatic amines is 1. The Balaban J connectivity index is 1.23. The molecular formula is C23H28F3N7O3. The predicted octanol–water partition coefficient (Wildman–Crippen LogP) is 2.78. The highest BCUT2D eigenvalue weighted by Gasteiger charge is 2.37. The summed E-state index contributed by atoms with van der Waals surface area (Å²) in [5, 5.41) is 7.72. The summed E-state index contributed by atoms with van der Waals surface area (Å²) in [7, 11) is 0. The minimum atomic E-state index is -4.85. The molecule has 0 saturated heterocycles. The standard InChI is InChI=1S/C23H28F3N7O3/c1-13-11-33(22-27-8-17(9-28-22)15-3-4-15)6-5-16(13)7-19(34)32-36-12-14(2)30-18-10-29-31-21(35)20(18)23(24,25)26/h5,8-10,13-15H,3-4,6-7,11-12H2,1-2H3,(H,32,34)(H2,30,31,35)/t13?,14-/m0/s1. The van der Waals surface area contributed by atoms with Gasteiger partial charge in [0.2, 0.25) is 11.9 Å². The van der Waals surface area contributed by atoms with Crippen molar-refractivity contribution in [3.05, 3.63) is 51.7 Å². The zero-order valence-corrected chi connectivity index (χ0v) is 19.9. The predicted molar refractivity (Wildman–Crippen MR) is 125 cm³/mol. The van der Waals surface area contributed by atoms with Crippen LogP contribution in [0.1, 0.15) is 50.2 Å². The normalized spacial score (nSPS) is 19.0. The van der Waals surface area contributed by atoms with Crippen LogP contribution in [0.4, 0.5) is 24.8 Å². The van der Waals surface area contributed by atoms with E-state index in [1.165, 1.54) is 18.4 Å². The van der Waals surface area contributed by atoms with Crippen LogP contribution in [0.25, 0.3) is 0 Å². The summed E-state index contributed by atoms with van der Waals surface area (Å²) in [6.07, 6.45) is 4.32. The van der Waals surface area contributed by atoms with Crippen molar-refractivity contribution in [1.29, 1.82) is 0 Å². The molecule has 2 atom stereocenters. The summed E-state index contributed by atoms with van der Waals surface area (Å²) in [6, 6.07) is -0.650. The number of hydrogen-bond donors (Lipinski definition) is 3. The monoisotopic (exact) mass is 507 g/mol. The molecule has 36 heavy (non-hydrogen) atoms. The van der Waals surface area contributed by atoms with Gasteiger partial charge >= 0.3 is 6.18 Å². The molecule has 10 nitrogen and oxygen atoms in total. The Morgan fingerprint density at radius 2 is 2.00 bits per heavy atom. The van der Waals surface area contributed by atoms with Gasteiger partial charge < -0.3 is 10.2 Å². The number of carbonyl (C=O) groups excluding carboxylic acids is 1. The first kappa shape index (κ1) is 25.6. The van der Waals surface area contributed by atoms with Gasteiger partial charge in [-0.3, -0.25) is 14.4 Å². The van der Waals surface area contributed by atoms with E-state index in [0.29, 0.717) is 25.0 Å². The molecule has 0 aromatic carbocycles. The van der Waals surface area contributed by atoms with E-state index in [-0.39, 0.29) is 24.9 Å². The first-order valence-electron chi connectivity index (χ1n) is 11.7. The average molecular weight is 508 g/mol. The SMILES string of the molecule is CC1CN(c2ncc(C3CC3)cn2)CC=C1CC(=O)NOC[C@H](C)Nc1cn[nH]c(=O)c1C(F)(F)F. The third-order valence-electron chi connectivity index (χ3n) is 6.12. The lowest BCUT2D eigenvalue weighted by Crippen LogP contribution is -2.37. The van der Waals surface area contributed by atoms with Gasteiger partial charge in [0.15, 0.2) is 0 Å². The van der Waals surface area contributed by atoms with Crippen LogP contribution in [0.5, 0.6) is 0 Å². The van der Waals surface area contributed by atoms with Gasteiger partial charge in [-0.25, -0.2) is 20.5 Å². The van der Waals surface area contributed by atoms with Crippen molar-refractivity contribution in [3.63, 3.8) is 0 Å². The second kappa shape index (κ2) is 10.6. The van der Waals surface area contributed by atoms with Crippen LogP contribution in [-0.4, -0.2) is 51.8 Å². The number of aromatic nitrogens is 4. The lowest BCUT2D eigenvalue weighted by molar-refractivity contribution is -0.138. The van der Waals surface area contributed by atoms with E-state index in [4.69, 9.17) is 4.84 Å². The Morgan fingerprint density at radius 3 is 2.64 bits per heavy atom. The van der Waals surface area contributed by atoms with Gasteiger partial charge in [0, 0.05) is 31.5 Å². The van der Waals surface area contributed by atoms with Crippen molar-refractivity contribution < 1.29 is 22.8 Å². The molecule has 13 heteroatoms. The smallest absolute Gasteiger partial charge is 0.378 e. The highest BCUT2D eigenvalue weighted by atomic mass is 19.4. The number of nitrogens with zero attached hydrogens (tertiary/aromatic N) is 4. The number of halogens is 3. The number of anilines is 2. The summed E-state index contributed by atoms with van der Waals surface area (Å²) in [4.78, 5) is 40.1. The summed E-state index contributed by atoms with van der Waals surface area (Å²) in [5.74, 6) is 0.997. The molecule has 1 aliphatic heterocycles. The minimum Gasteiger partial charge on any atom is -0.378 e.